The number of aromatic nitrogens is 1. The molecule has 3 rings (SSSR count). The van der Waals surface area contributed by atoms with E-state index in [1.54, 1.807) is 0 Å². The molecule has 0 N–H and O–H groups in total. The summed E-state index contributed by atoms with van der Waals surface area (Å²) >= 11 is 0. The molecule has 1 aromatic carbocycles. The second-order valence-electron chi connectivity index (χ2n) is 5.18. The number of fused-ring (bicyclic) bond motifs is 1. The van der Waals surface area contributed by atoms with E-state index in [2.05, 4.69) is 35.8 Å². The number of hydrogen-bond acceptors (Lipinski definition) is 2. The molecule has 1 saturated heterocycles. The first kappa shape index (κ1) is 12.4. The fourth-order valence-electron chi connectivity index (χ4n) is 2.84. The van der Waals surface area contributed by atoms with Gasteiger partial charge in [0.1, 0.15) is 0 Å². The molecule has 1 aromatic heterocycles. The lowest BCUT2D eigenvalue weighted by Gasteiger charge is -2.11. The number of aryl methyl sites for hydroxylation is 1. The number of ketones is 1. The highest BCUT2D eigenvalue weighted by atomic mass is 16.5. The van der Waals surface area contributed by atoms with Crippen molar-refractivity contribution in [2.24, 2.45) is 5.92 Å². The van der Waals surface area contributed by atoms with Gasteiger partial charge in [-0.25, -0.2) is 0 Å². The highest BCUT2D eigenvalue weighted by Gasteiger charge is 2.23. The third-order valence-electron chi connectivity index (χ3n) is 3.96. The first-order valence-corrected chi connectivity index (χ1v) is 6.96. The number of nitrogens with zero attached hydrogens (tertiary/aromatic N) is 1. The van der Waals surface area contributed by atoms with Crippen LogP contribution in [0, 0.1) is 5.92 Å². The summed E-state index contributed by atoms with van der Waals surface area (Å²) in [5.74, 6) is 0.382. The summed E-state index contributed by atoms with van der Waals surface area (Å²) in [7, 11) is 0. The summed E-state index contributed by atoms with van der Waals surface area (Å²) in [4.78, 5) is 12.3. The average Bonchev–Trinajstić information content (AvgIpc) is 3.08. The van der Waals surface area contributed by atoms with Gasteiger partial charge in [0.25, 0.3) is 0 Å². The number of ether oxygens (including phenoxy) is 1. The third-order valence-corrected chi connectivity index (χ3v) is 3.96. The van der Waals surface area contributed by atoms with Crippen LogP contribution in [0.15, 0.2) is 30.5 Å². The van der Waals surface area contributed by atoms with E-state index < -0.39 is 0 Å². The number of rotatable bonds is 4. The number of carbonyl (C=O) groups is 1. The third kappa shape index (κ3) is 2.30. The van der Waals surface area contributed by atoms with Gasteiger partial charge in [-0.1, -0.05) is 25.1 Å². The van der Waals surface area contributed by atoms with Crippen molar-refractivity contribution in [3.8, 4) is 0 Å². The van der Waals surface area contributed by atoms with Crippen LogP contribution in [-0.4, -0.2) is 23.6 Å². The van der Waals surface area contributed by atoms with Crippen molar-refractivity contribution in [3.63, 3.8) is 0 Å². The van der Waals surface area contributed by atoms with Gasteiger partial charge in [-0.3, -0.25) is 4.79 Å². The predicted octanol–water partition coefficient (Wildman–Crippen LogP) is 2.81. The van der Waals surface area contributed by atoms with Gasteiger partial charge in [0.05, 0.1) is 18.7 Å². The standard InChI is InChI=1S/C16H19NO2/c1-2-12-4-3-5-13-6-8-17(16(12)13)10-15(18)14-7-9-19-11-14/h3-6,8,14H,2,7,9-11H2,1H3. The van der Waals surface area contributed by atoms with Crippen molar-refractivity contribution in [2.45, 2.75) is 26.3 Å². The van der Waals surface area contributed by atoms with Gasteiger partial charge in [0, 0.05) is 18.7 Å². The molecule has 0 spiro atoms. The van der Waals surface area contributed by atoms with Crippen LogP contribution in [0.2, 0.25) is 0 Å². The number of para-hydroxylation sites is 1. The minimum atomic E-state index is 0.0891. The van der Waals surface area contributed by atoms with Crippen molar-refractivity contribution in [3.05, 3.63) is 36.0 Å². The lowest BCUT2D eigenvalue weighted by molar-refractivity contribution is -0.123. The molecule has 0 bridgehead atoms. The fourth-order valence-corrected chi connectivity index (χ4v) is 2.84. The van der Waals surface area contributed by atoms with E-state index in [4.69, 9.17) is 4.74 Å². The highest BCUT2D eigenvalue weighted by Crippen LogP contribution is 2.22. The molecule has 1 fully saturated rings. The van der Waals surface area contributed by atoms with Gasteiger partial charge in [0.15, 0.2) is 5.78 Å². The lowest BCUT2D eigenvalue weighted by atomic mass is 10.0. The van der Waals surface area contributed by atoms with Crippen LogP contribution < -0.4 is 0 Å². The van der Waals surface area contributed by atoms with Gasteiger partial charge < -0.3 is 9.30 Å². The van der Waals surface area contributed by atoms with E-state index in [0.717, 1.165) is 19.4 Å². The maximum absolute atomic E-state index is 12.3. The molecule has 3 nitrogen and oxygen atoms in total. The Morgan fingerprint density at radius 1 is 1.42 bits per heavy atom. The van der Waals surface area contributed by atoms with E-state index in [1.165, 1.54) is 16.5 Å². The molecule has 1 aliphatic heterocycles. The zero-order valence-corrected chi connectivity index (χ0v) is 11.3. The molecular weight excluding hydrogens is 238 g/mol. The molecule has 1 aliphatic rings. The van der Waals surface area contributed by atoms with Gasteiger partial charge >= 0.3 is 0 Å². The van der Waals surface area contributed by atoms with Crippen molar-refractivity contribution >= 4 is 16.7 Å². The van der Waals surface area contributed by atoms with E-state index >= 15 is 0 Å². The van der Waals surface area contributed by atoms with Crippen LogP contribution in [0.1, 0.15) is 18.9 Å². The summed E-state index contributed by atoms with van der Waals surface area (Å²) in [5, 5.41) is 1.22. The Bertz CT molecular complexity index is 594. The molecule has 100 valence electrons. The zero-order valence-electron chi connectivity index (χ0n) is 11.3. The number of carbonyl (C=O) groups excluding carboxylic acids is 1. The van der Waals surface area contributed by atoms with Crippen molar-refractivity contribution in [1.29, 1.82) is 0 Å². The second kappa shape index (κ2) is 5.17. The van der Waals surface area contributed by atoms with E-state index in [9.17, 15) is 4.79 Å². The smallest absolute Gasteiger partial charge is 0.157 e. The lowest BCUT2D eigenvalue weighted by Crippen LogP contribution is -2.20. The molecule has 2 heterocycles. The molecule has 0 saturated carbocycles. The largest absolute Gasteiger partial charge is 0.381 e. The van der Waals surface area contributed by atoms with Gasteiger partial charge in [-0.2, -0.15) is 0 Å². The van der Waals surface area contributed by atoms with Crippen LogP contribution in [0.25, 0.3) is 10.9 Å². The summed E-state index contributed by atoms with van der Waals surface area (Å²) in [6.45, 7) is 3.94. The first-order chi connectivity index (χ1) is 9.29. The van der Waals surface area contributed by atoms with Crippen LogP contribution >= 0.6 is 0 Å². The quantitative estimate of drug-likeness (QED) is 0.843. The number of Topliss-reactive ketones (excluding diaryl/α,β-unsaturated/α-hetero) is 1. The van der Waals surface area contributed by atoms with E-state index in [0.29, 0.717) is 18.9 Å². The molecule has 0 radical (unpaired) electrons. The molecule has 1 unspecified atom stereocenters. The monoisotopic (exact) mass is 257 g/mol. The van der Waals surface area contributed by atoms with Crippen LogP contribution in [0.3, 0.4) is 0 Å². The summed E-state index contributed by atoms with van der Waals surface area (Å²) in [5.41, 5.74) is 2.51. The Morgan fingerprint density at radius 2 is 2.32 bits per heavy atom. The van der Waals surface area contributed by atoms with Gasteiger partial charge in [0.2, 0.25) is 0 Å². The van der Waals surface area contributed by atoms with Crippen LogP contribution in [-0.2, 0) is 22.5 Å². The minimum absolute atomic E-state index is 0.0891. The van der Waals surface area contributed by atoms with E-state index in [1.807, 2.05) is 6.20 Å². The number of benzene rings is 1. The van der Waals surface area contributed by atoms with E-state index in [-0.39, 0.29) is 5.92 Å². The predicted molar refractivity (Wildman–Crippen MR) is 75.2 cm³/mol. The Morgan fingerprint density at radius 3 is 3.05 bits per heavy atom. The average molecular weight is 257 g/mol. The van der Waals surface area contributed by atoms with Gasteiger partial charge in [-0.15, -0.1) is 0 Å². The Balaban J connectivity index is 1.90. The maximum Gasteiger partial charge on any atom is 0.157 e. The molecule has 2 aromatic rings. The van der Waals surface area contributed by atoms with Crippen LogP contribution in [0.4, 0.5) is 0 Å². The summed E-state index contributed by atoms with van der Waals surface area (Å²) in [6, 6.07) is 8.42. The van der Waals surface area contributed by atoms with Gasteiger partial charge in [-0.05, 0) is 29.9 Å². The minimum Gasteiger partial charge on any atom is -0.381 e. The second-order valence-corrected chi connectivity index (χ2v) is 5.18. The highest BCUT2D eigenvalue weighted by molar-refractivity contribution is 5.87. The Labute approximate surface area is 113 Å². The molecule has 0 amide bonds. The topological polar surface area (TPSA) is 31.2 Å². The SMILES string of the molecule is CCc1cccc2ccn(CC(=O)C3CCOC3)c12. The fraction of sp³-hybridized carbons (Fsp3) is 0.438. The molecule has 3 heteroatoms. The molecular formula is C16H19NO2. The first-order valence-electron chi connectivity index (χ1n) is 6.96. The van der Waals surface area contributed by atoms with Crippen molar-refractivity contribution < 1.29 is 9.53 Å². The normalized spacial score (nSPS) is 19.1. The Kier molecular flexibility index (Phi) is 3.38. The molecule has 19 heavy (non-hydrogen) atoms. The number of hydrogen-bond donors (Lipinski definition) is 0. The van der Waals surface area contributed by atoms with Crippen LogP contribution in [0.5, 0.6) is 0 Å². The van der Waals surface area contributed by atoms with Crippen molar-refractivity contribution in [2.75, 3.05) is 13.2 Å². The molecule has 1 atom stereocenters. The summed E-state index contributed by atoms with van der Waals surface area (Å²) < 4.78 is 7.39. The summed E-state index contributed by atoms with van der Waals surface area (Å²) in [6.07, 6.45) is 3.89. The Hall–Kier alpha value is -1.61. The zero-order chi connectivity index (χ0) is 13.2. The van der Waals surface area contributed by atoms with Crippen molar-refractivity contribution in [1.82, 2.24) is 4.57 Å². The molecule has 0 aliphatic carbocycles. The maximum atomic E-state index is 12.3.